The molecule has 1 aliphatic heterocycles. The lowest BCUT2D eigenvalue weighted by atomic mass is 9.86. The minimum Gasteiger partial charge on any atom is -0.383 e. The summed E-state index contributed by atoms with van der Waals surface area (Å²) >= 11 is 0. The van der Waals surface area contributed by atoms with E-state index in [0.29, 0.717) is 6.61 Å². The molecule has 128 valence electrons. The molecule has 7 nitrogen and oxygen atoms in total. The lowest BCUT2D eigenvalue weighted by Gasteiger charge is -2.19. The van der Waals surface area contributed by atoms with E-state index in [1.807, 2.05) is 17.8 Å². The second-order valence-corrected chi connectivity index (χ2v) is 6.68. The molecule has 2 aromatic rings. The molecule has 0 N–H and O–H groups in total. The van der Waals surface area contributed by atoms with Crippen molar-refractivity contribution in [1.29, 1.82) is 0 Å². The first-order valence-corrected chi connectivity index (χ1v) is 8.58. The molecule has 1 saturated heterocycles. The summed E-state index contributed by atoms with van der Waals surface area (Å²) in [6, 6.07) is 1.98. The number of ether oxygens (including phenoxy) is 1. The number of hydrogen-bond donors (Lipinski definition) is 0. The van der Waals surface area contributed by atoms with Gasteiger partial charge in [0.05, 0.1) is 13.2 Å². The van der Waals surface area contributed by atoms with Gasteiger partial charge in [-0.05, 0) is 30.7 Å². The van der Waals surface area contributed by atoms with Crippen molar-refractivity contribution in [3.8, 4) is 11.5 Å². The second kappa shape index (κ2) is 6.39. The van der Waals surface area contributed by atoms with E-state index in [-0.39, 0.29) is 0 Å². The van der Waals surface area contributed by atoms with Gasteiger partial charge in [-0.3, -0.25) is 9.25 Å². The number of allylic oxidation sites excluding steroid dienone is 2. The van der Waals surface area contributed by atoms with Crippen LogP contribution in [0.25, 0.3) is 11.5 Å². The monoisotopic (exact) mass is 328 g/mol. The highest BCUT2D eigenvalue weighted by Crippen LogP contribution is 2.35. The number of anilines is 1. The summed E-state index contributed by atoms with van der Waals surface area (Å²) in [5, 5.41) is 13.3. The molecule has 3 heterocycles. The first-order chi connectivity index (χ1) is 11.8. The van der Waals surface area contributed by atoms with Crippen molar-refractivity contribution in [2.45, 2.75) is 19.4 Å². The van der Waals surface area contributed by atoms with Crippen LogP contribution in [0.1, 0.15) is 12.8 Å². The standard InChI is InChI=1S/C17H24N6O/c1-21-15(7-8-18-21)16-19-20-17(23(16)9-10-24-2)22-11-13-5-3-4-6-14(13)12-22/h3-4,7-8,13-14H,5-6,9-12H2,1-2H3/t13-,14+. The number of hydrogen-bond acceptors (Lipinski definition) is 5. The van der Waals surface area contributed by atoms with Gasteiger partial charge in [0, 0.05) is 33.4 Å². The van der Waals surface area contributed by atoms with Crippen LogP contribution < -0.4 is 4.90 Å². The highest BCUT2D eigenvalue weighted by molar-refractivity contribution is 5.53. The first kappa shape index (κ1) is 15.4. The zero-order chi connectivity index (χ0) is 16.5. The van der Waals surface area contributed by atoms with E-state index >= 15 is 0 Å². The molecule has 0 saturated carbocycles. The summed E-state index contributed by atoms with van der Waals surface area (Å²) in [6.07, 6.45) is 8.80. The summed E-state index contributed by atoms with van der Waals surface area (Å²) in [6.45, 7) is 3.50. The molecule has 4 rings (SSSR count). The van der Waals surface area contributed by atoms with Crippen LogP contribution in [0.15, 0.2) is 24.4 Å². The van der Waals surface area contributed by atoms with Crippen LogP contribution in [-0.4, -0.2) is 51.4 Å². The van der Waals surface area contributed by atoms with Crippen molar-refractivity contribution in [1.82, 2.24) is 24.5 Å². The van der Waals surface area contributed by atoms with Crippen molar-refractivity contribution < 1.29 is 4.74 Å². The molecule has 0 unspecified atom stereocenters. The topological polar surface area (TPSA) is 61.0 Å². The van der Waals surface area contributed by atoms with E-state index < -0.39 is 0 Å². The molecular formula is C17H24N6O. The zero-order valence-electron chi connectivity index (χ0n) is 14.3. The number of rotatable bonds is 5. The van der Waals surface area contributed by atoms with E-state index in [9.17, 15) is 0 Å². The van der Waals surface area contributed by atoms with Gasteiger partial charge in [0.2, 0.25) is 5.95 Å². The third-order valence-electron chi connectivity index (χ3n) is 5.20. The predicted octanol–water partition coefficient (Wildman–Crippen LogP) is 1.73. The van der Waals surface area contributed by atoms with Crippen molar-refractivity contribution >= 4 is 5.95 Å². The SMILES string of the molecule is COCCn1c(-c2ccnn2C)nnc1N1C[C@H]2CC=CC[C@H]2C1. The lowest BCUT2D eigenvalue weighted by molar-refractivity contribution is 0.187. The maximum absolute atomic E-state index is 5.30. The number of fused-ring (bicyclic) bond motifs is 1. The molecule has 0 spiro atoms. The fourth-order valence-corrected chi connectivity index (χ4v) is 3.88. The molecule has 0 bridgehead atoms. The molecule has 2 atom stereocenters. The average molecular weight is 328 g/mol. The molecule has 0 aromatic carbocycles. The summed E-state index contributed by atoms with van der Waals surface area (Å²) in [5.74, 6) is 3.29. The van der Waals surface area contributed by atoms with Gasteiger partial charge in [-0.25, -0.2) is 0 Å². The maximum atomic E-state index is 5.30. The highest BCUT2D eigenvalue weighted by Gasteiger charge is 2.35. The summed E-state index contributed by atoms with van der Waals surface area (Å²) < 4.78 is 9.31. The summed E-state index contributed by atoms with van der Waals surface area (Å²) in [7, 11) is 3.66. The third-order valence-corrected chi connectivity index (χ3v) is 5.20. The first-order valence-electron chi connectivity index (χ1n) is 8.58. The molecule has 24 heavy (non-hydrogen) atoms. The smallest absolute Gasteiger partial charge is 0.227 e. The van der Waals surface area contributed by atoms with Gasteiger partial charge in [0.25, 0.3) is 0 Å². The van der Waals surface area contributed by atoms with Crippen molar-refractivity contribution in [2.24, 2.45) is 18.9 Å². The third kappa shape index (κ3) is 2.62. The Morgan fingerprint density at radius 2 is 1.92 bits per heavy atom. The number of nitrogens with zero attached hydrogens (tertiary/aromatic N) is 6. The van der Waals surface area contributed by atoms with Gasteiger partial charge in [-0.2, -0.15) is 5.10 Å². The molecule has 7 heteroatoms. The number of aryl methyl sites for hydroxylation is 1. The maximum Gasteiger partial charge on any atom is 0.227 e. The summed E-state index contributed by atoms with van der Waals surface area (Å²) in [4.78, 5) is 2.39. The van der Waals surface area contributed by atoms with E-state index in [0.717, 1.165) is 48.9 Å². The zero-order valence-corrected chi connectivity index (χ0v) is 14.3. The second-order valence-electron chi connectivity index (χ2n) is 6.68. The Labute approximate surface area is 141 Å². The Bertz CT molecular complexity index is 717. The van der Waals surface area contributed by atoms with Crippen LogP contribution in [0.4, 0.5) is 5.95 Å². The molecule has 1 aliphatic carbocycles. The van der Waals surface area contributed by atoms with Gasteiger partial charge < -0.3 is 9.64 Å². The van der Waals surface area contributed by atoms with Crippen LogP contribution >= 0.6 is 0 Å². The van der Waals surface area contributed by atoms with Gasteiger partial charge >= 0.3 is 0 Å². The molecule has 0 radical (unpaired) electrons. The molecule has 2 aromatic heterocycles. The Morgan fingerprint density at radius 1 is 1.17 bits per heavy atom. The highest BCUT2D eigenvalue weighted by atomic mass is 16.5. The van der Waals surface area contributed by atoms with Gasteiger partial charge in [0.1, 0.15) is 5.69 Å². The Morgan fingerprint density at radius 3 is 2.54 bits per heavy atom. The fourth-order valence-electron chi connectivity index (χ4n) is 3.88. The predicted molar refractivity (Wildman–Crippen MR) is 91.7 cm³/mol. The minimum absolute atomic E-state index is 0.637. The van der Waals surface area contributed by atoms with Crippen LogP contribution in [-0.2, 0) is 18.3 Å². The van der Waals surface area contributed by atoms with E-state index in [1.165, 1.54) is 12.8 Å². The van der Waals surface area contributed by atoms with Crippen molar-refractivity contribution in [3.05, 3.63) is 24.4 Å². The van der Waals surface area contributed by atoms with Gasteiger partial charge in [-0.1, -0.05) is 12.2 Å². The van der Waals surface area contributed by atoms with Crippen molar-refractivity contribution in [3.63, 3.8) is 0 Å². The molecule has 1 fully saturated rings. The average Bonchev–Trinajstić information content (AvgIpc) is 3.29. The van der Waals surface area contributed by atoms with Gasteiger partial charge in [-0.15, -0.1) is 10.2 Å². The van der Waals surface area contributed by atoms with E-state index in [1.54, 1.807) is 13.3 Å². The summed E-state index contributed by atoms with van der Waals surface area (Å²) in [5.41, 5.74) is 0.975. The fraction of sp³-hybridized carbons (Fsp3) is 0.588. The minimum atomic E-state index is 0.637. The number of methoxy groups -OCH3 is 1. The Kier molecular flexibility index (Phi) is 4.10. The van der Waals surface area contributed by atoms with E-state index in [2.05, 4.69) is 36.9 Å². The number of aromatic nitrogens is 5. The Balaban J connectivity index is 1.66. The quantitative estimate of drug-likeness (QED) is 0.782. The van der Waals surface area contributed by atoms with Crippen molar-refractivity contribution in [2.75, 3.05) is 31.7 Å². The largest absolute Gasteiger partial charge is 0.383 e. The molecule has 0 amide bonds. The van der Waals surface area contributed by atoms with Crippen LogP contribution in [0.5, 0.6) is 0 Å². The normalized spacial score (nSPS) is 23.0. The lowest BCUT2D eigenvalue weighted by Crippen LogP contribution is -2.25. The molecule has 2 aliphatic rings. The van der Waals surface area contributed by atoms with E-state index in [4.69, 9.17) is 4.74 Å². The molecular weight excluding hydrogens is 304 g/mol. The Hall–Kier alpha value is -2.15. The van der Waals surface area contributed by atoms with Crippen LogP contribution in [0, 0.1) is 11.8 Å². The van der Waals surface area contributed by atoms with Crippen LogP contribution in [0.3, 0.4) is 0 Å². The van der Waals surface area contributed by atoms with Gasteiger partial charge in [0.15, 0.2) is 5.82 Å². The van der Waals surface area contributed by atoms with Crippen LogP contribution in [0.2, 0.25) is 0 Å².